The second-order valence-electron chi connectivity index (χ2n) is 5.34. The molecule has 2 aliphatic carbocycles. The first-order chi connectivity index (χ1) is 7.21. The van der Waals surface area contributed by atoms with Crippen molar-refractivity contribution in [2.45, 2.75) is 70.1 Å². The molecule has 2 aliphatic rings. The minimum atomic E-state index is -2.36. The molecule has 15 heavy (non-hydrogen) atoms. The summed E-state index contributed by atoms with van der Waals surface area (Å²) in [6.45, 7) is 0. The second-order valence-corrected chi connectivity index (χ2v) is 5.34. The van der Waals surface area contributed by atoms with Crippen LogP contribution in [0.4, 0.5) is 8.78 Å². The van der Waals surface area contributed by atoms with E-state index < -0.39 is 5.92 Å². The van der Waals surface area contributed by atoms with Crippen molar-refractivity contribution >= 4 is 0 Å². The average Bonchev–Trinajstić information content (AvgIpc) is 2.31. The molecule has 0 atom stereocenters. The lowest BCUT2D eigenvalue weighted by molar-refractivity contribution is -0.128. The van der Waals surface area contributed by atoms with Crippen molar-refractivity contribution in [3.8, 4) is 0 Å². The third-order valence-corrected chi connectivity index (χ3v) is 4.30. The zero-order valence-electron chi connectivity index (χ0n) is 9.48. The average molecular weight is 216 g/mol. The van der Waals surface area contributed by atoms with E-state index in [2.05, 4.69) is 0 Å². The van der Waals surface area contributed by atoms with E-state index in [1.54, 1.807) is 0 Å². The summed E-state index contributed by atoms with van der Waals surface area (Å²) in [4.78, 5) is 0. The Hall–Kier alpha value is -0.140. The molecular formula is C13H22F2. The Morgan fingerprint density at radius 1 is 0.600 bits per heavy atom. The quantitative estimate of drug-likeness (QED) is 0.623. The van der Waals surface area contributed by atoms with Gasteiger partial charge >= 0.3 is 0 Å². The molecule has 0 aromatic rings. The minimum Gasteiger partial charge on any atom is -0.206 e. The maximum atomic E-state index is 14.2. The van der Waals surface area contributed by atoms with Crippen LogP contribution in [0.2, 0.25) is 0 Å². The van der Waals surface area contributed by atoms with Gasteiger partial charge in [0, 0.05) is 11.8 Å². The summed E-state index contributed by atoms with van der Waals surface area (Å²) in [5, 5.41) is 0. The van der Waals surface area contributed by atoms with Gasteiger partial charge < -0.3 is 0 Å². The Balaban J connectivity index is 1.96. The highest BCUT2D eigenvalue weighted by Gasteiger charge is 2.46. The van der Waals surface area contributed by atoms with Crippen molar-refractivity contribution in [2.24, 2.45) is 11.8 Å². The molecule has 0 bridgehead atoms. The Morgan fingerprint density at radius 2 is 0.933 bits per heavy atom. The highest BCUT2D eigenvalue weighted by Crippen LogP contribution is 2.46. The van der Waals surface area contributed by atoms with Gasteiger partial charge in [-0.05, 0) is 25.7 Å². The van der Waals surface area contributed by atoms with Crippen molar-refractivity contribution in [1.82, 2.24) is 0 Å². The zero-order valence-corrected chi connectivity index (χ0v) is 9.48. The predicted molar refractivity (Wildman–Crippen MR) is 58.1 cm³/mol. The fourth-order valence-electron chi connectivity index (χ4n) is 3.31. The normalized spacial score (nSPS) is 26.8. The van der Waals surface area contributed by atoms with Crippen LogP contribution in [0.5, 0.6) is 0 Å². The van der Waals surface area contributed by atoms with Gasteiger partial charge in [-0.25, -0.2) is 8.78 Å². The van der Waals surface area contributed by atoms with Crippen molar-refractivity contribution in [3.05, 3.63) is 0 Å². The van der Waals surface area contributed by atoms with Gasteiger partial charge in [0.15, 0.2) is 0 Å². The van der Waals surface area contributed by atoms with Gasteiger partial charge in [0.05, 0.1) is 0 Å². The summed E-state index contributed by atoms with van der Waals surface area (Å²) >= 11 is 0. The lowest BCUT2D eigenvalue weighted by atomic mass is 9.74. The molecule has 2 heteroatoms. The molecule has 2 fully saturated rings. The molecule has 0 aliphatic heterocycles. The van der Waals surface area contributed by atoms with E-state index >= 15 is 0 Å². The van der Waals surface area contributed by atoms with Crippen LogP contribution in [0.25, 0.3) is 0 Å². The monoisotopic (exact) mass is 216 g/mol. The van der Waals surface area contributed by atoms with Crippen LogP contribution in [0.3, 0.4) is 0 Å². The number of halogens is 2. The molecular weight excluding hydrogens is 194 g/mol. The molecule has 0 aromatic carbocycles. The van der Waals surface area contributed by atoms with Crippen LogP contribution in [0, 0.1) is 11.8 Å². The maximum absolute atomic E-state index is 14.2. The summed E-state index contributed by atoms with van der Waals surface area (Å²) in [5.41, 5.74) is 0. The highest BCUT2D eigenvalue weighted by molar-refractivity contribution is 4.87. The van der Waals surface area contributed by atoms with Crippen LogP contribution in [0.15, 0.2) is 0 Å². The van der Waals surface area contributed by atoms with Gasteiger partial charge in [0.1, 0.15) is 0 Å². The molecule has 0 nitrogen and oxygen atoms in total. The maximum Gasteiger partial charge on any atom is 0.253 e. The summed E-state index contributed by atoms with van der Waals surface area (Å²) in [6.07, 6.45) is 9.48. The first-order valence-corrected chi connectivity index (χ1v) is 6.59. The van der Waals surface area contributed by atoms with E-state index in [0.29, 0.717) is 0 Å². The first-order valence-electron chi connectivity index (χ1n) is 6.59. The Bertz CT molecular complexity index is 169. The van der Waals surface area contributed by atoms with Gasteiger partial charge in [-0.15, -0.1) is 0 Å². The molecule has 0 amide bonds. The number of hydrogen-bond acceptors (Lipinski definition) is 0. The molecule has 0 radical (unpaired) electrons. The number of alkyl halides is 2. The van der Waals surface area contributed by atoms with Crippen LogP contribution >= 0.6 is 0 Å². The molecule has 88 valence electrons. The number of rotatable bonds is 2. The van der Waals surface area contributed by atoms with E-state index in [1.165, 1.54) is 0 Å². The first kappa shape index (κ1) is 11.3. The van der Waals surface area contributed by atoms with Gasteiger partial charge in [-0.2, -0.15) is 0 Å². The van der Waals surface area contributed by atoms with E-state index in [4.69, 9.17) is 0 Å². The molecule has 0 spiro atoms. The summed E-state index contributed by atoms with van der Waals surface area (Å²) in [7, 11) is 0. The van der Waals surface area contributed by atoms with Gasteiger partial charge in [0.25, 0.3) is 5.92 Å². The molecule has 2 saturated carbocycles. The molecule has 0 heterocycles. The van der Waals surface area contributed by atoms with Crippen molar-refractivity contribution in [1.29, 1.82) is 0 Å². The lowest BCUT2D eigenvalue weighted by Gasteiger charge is -2.37. The van der Waals surface area contributed by atoms with E-state index in [9.17, 15) is 8.78 Å². The molecule has 0 aromatic heterocycles. The summed E-state index contributed by atoms with van der Waals surface area (Å²) in [6, 6.07) is 0. The van der Waals surface area contributed by atoms with Gasteiger partial charge in [-0.3, -0.25) is 0 Å². The van der Waals surface area contributed by atoms with Crippen LogP contribution in [-0.4, -0.2) is 5.92 Å². The fraction of sp³-hybridized carbons (Fsp3) is 1.00. The molecule has 0 saturated heterocycles. The largest absolute Gasteiger partial charge is 0.253 e. The van der Waals surface area contributed by atoms with Crippen molar-refractivity contribution in [2.75, 3.05) is 0 Å². The standard InChI is InChI=1S/C13H22F2/c14-13(15,11-7-3-1-4-8-11)12-9-5-2-6-10-12/h11-12H,1-10H2. The predicted octanol–water partition coefficient (Wildman–Crippen LogP) is 4.78. The topological polar surface area (TPSA) is 0 Å². The Kier molecular flexibility index (Phi) is 3.63. The summed E-state index contributed by atoms with van der Waals surface area (Å²) < 4.78 is 28.4. The smallest absolute Gasteiger partial charge is 0.206 e. The molecule has 2 rings (SSSR count). The summed E-state index contributed by atoms with van der Waals surface area (Å²) in [5.74, 6) is -2.95. The molecule has 0 unspecified atom stereocenters. The SMILES string of the molecule is FC(F)(C1CCCCC1)C1CCCCC1. The van der Waals surface area contributed by atoms with Gasteiger partial charge in [-0.1, -0.05) is 38.5 Å². The van der Waals surface area contributed by atoms with E-state index in [1.807, 2.05) is 0 Å². The lowest BCUT2D eigenvalue weighted by Crippen LogP contribution is -2.38. The van der Waals surface area contributed by atoms with Crippen LogP contribution in [-0.2, 0) is 0 Å². The molecule has 0 N–H and O–H groups in total. The highest BCUT2D eigenvalue weighted by atomic mass is 19.3. The van der Waals surface area contributed by atoms with E-state index in [0.717, 1.165) is 64.2 Å². The fourth-order valence-corrected chi connectivity index (χ4v) is 3.31. The van der Waals surface area contributed by atoms with E-state index in [-0.39, 0.29) is 11.8 Å². The van der Waals surface area contributed by atoms with Crippen molar-refractivity contribution < 1.29 is 8.78 Å². The number of hydrogen-bond donors (Lipinski definition) is 0. The zero-order chi connectivity index (χ0) is 10.7. The van der Waals surface area contributed by atoms with Crippen LogP contribution in [0.1, 0.15) is 64.2 Å². The van der Waals surface area contributed by atoms with Crippen molar-refractivity contribution in [3.63, 3.8) is 0 Å². The Morgan fingerprint density at radius 3 is 1.27 bits per heavy atom. The third kappa shape index (κ3) is 2.51. The van der Waals surface area contributed by atoms with Crippen LogP contribution < -0.4 is 0 Å². The minimum absolute atomic E-state index is 0.297. The second kappa shape index (κ2) is 4.80. The third-order valence-electron chi connectivity index (χ3n) is 4.30. The Labute approximate surface area is 91.4 Å². The van der Waals surface area contributed by atoms with Gasteiger partial charge in [0.2, 0.25) is 0 Å².